The minimum Gasteiger partial charge on any atom is -0.361 e. The van der Waals surface area contributed by atoms with Gasteiger partial charge < -0.3 is 14.4 Å². The second-order valence-electron chi connectivity index (χ2n) is 6.70. The molecule has 0 spiro atoms. The van der Waals surface area contributed by atoms with Crippen molar-refractivity contribution in [1.82, 2.24) is 15.0 Å². The van der Waals surface area contributed by atoms with Gasteiger partial charge in [-0.1, -0.05) is 30.6 Å². The SMILES string of the molecule is CCCc1cc(CC(=O)c2ccc3cc4n(c3c2)CCCNC4=O)on1. The Labute approximate surface area is 151 Å². The highest BCUT2D eigenvalue weighted by atomic mass is 16.5. The van der Waals surface area contributed by atoms with Crippen molar-refractivity contribution < 1.29 is 14.1 Å². The summed E-state index contributed by atoms with van der Waals surface area (Å²) in [7, 11) is 0. The van der Waals surface area contributed by atoms with E-state index in [2.05, 4.69) is 17.4 Å². The van der Waals surface area contributed by atoms with Gasteiger partial charge in [-0.25, -0.2) is 0 Å². The number of carbonyl (C=O) groups is 2. The van der Waals surface area contributed by atoms with E-state index in [9.17, 15) is 9.59 Å². The molecule has 4 rings (SSSR count). The lowest BCUT2D eigenvalue weighted by molar-refractivity contribution is 0.0949. The first-order valence-corrected chi connectivity index (χ1v) is 9.05. The highest BCUT2D eigenvalue weighted by Crippen LogP contribution is 2.24. The number of amides is 1. The molecule has 1 N–H and O–H groups in total. The normalized spacial score (nSPS) is 14.1. The van der Waals surface area contributed by atoms with Crippen molar-refractivity contribution in [3.63, 3.8) is 0 Å². The zero-order valence-electron chi connectivity index (χ0n) is 14.7. The fourth-order valence-electron chi connectivity index (χ4n) is 3.46. The Kier molecular flexibility index (Phi) is 4.32. The summed E-state index contributed by atoms with van der Waals surface area (Å²) >= 11 is 0. The van der Waals surface area contributed by atoms with E-state index in [0.717, 1.165) is 42.4 Å². The summed E-state index contributed by atoms with van der Waals surface area (Å²) in [5.41, 5.74) is 3.08. The van der Waals surface area contributed by atoms with Gasteiger partial charge in [-0.3, -0.25) is 9.59 Å². The molecule has 2 aromatic heterocycles. The zero-order valence-corrected chi connectivity index (χ0v) is 14.7. The maximum atomic E-state index is 12.7. The molecule has 0 atom stereocenters. The summed E-state index contributed by atoms with van der Waals surface area (Å²) in [4.78, 5) is 24.8. The van der Waals surface area contributed by atoms with Crippen LogP contribution in [0.1, 0.15) is 52.1 Å². The number of benzene rings is 1. The molecule has 6 nitrogen and oxygen atoms in total. The predicted octanol–water partition coefficient (Wildman–Crippen LogP) is 3.14. The topological polar surface area (TPSA) is 77.1 Å². The number of nitrogens with one attached hydrogen (secondary N) is 1. The van der Waals surface area contributed by atoms with Crippen LogP contribution in [0.15, 0.2) is 34.9 Å². The maximum Gasteiger partial charge on any atom is 0.267 e. The van der Waals surface area contributed by atoms with Gasteiger partial charge in [-0.15, -0.1) is 0 Å². The molecule has 1 amide bonds. The second kappa shape index (κ2) is 6.78. The van der Waals surface area contributed by atoms with E-state index in [-0.39, 0.29) is 18.1 Å². The van der Waals surface area contributed by atoms with Gasteiger partial charge >= 0.3 is 0 Å². The monoisotopic (exact) mass is 351 g/mol. The minimum atomic E-state index is -0.0586. The Bertz CT molecular complexity index is 984. The van der Waals surface area contributed by atoms with Crippen LogP contribution in [-0.4, -0.2) is 28.0 Å². The molecular weight excluding hydrogens is 330 g/mol. The molecule has 1 aliphatic rings. The highest BCUT2D eigenvalue weighted by molar-refractivity contribution is 6.03. The molecule has 3 heterocycles. The number of aromatic nitrogens is 2. The van der Waals surface area contributed by atoms with Crippen LogP contribution in [-0.2, 0) is 19.4 Å². The van der Waals surface area contributed by atoms with Crippen molar-refractivity contribution in [1.29, 1.82) is 0 Å². The van der Waals surface area contributed by atoms with Crippen molar-refractivity contribution in [2.75, 3.05) is 6.54 Å². The molecule has 1 aliphatic heterocycles. The van der Waals surface area contributed by atoms with Crippen molar-refractivity contribution in [3.05, 3.63) is 53.0 Å². The largest absolute Gasteiger partial charge is 0.361 e. The smallest absolute Gasteiger partial charge is 0.267 e. The summed E-state index contributed by atoms with van der Waals surface area (Å²) in [5.74, 6) is 0.517. The molecule has 1 aromatic carbocycles. The molecule has 6 heteroatoms. The molecule has 0 radical (unpaired) electrons. The van der Waals surface area contributed by atoms with E-state index in [1.165, 1.54) is 0 Å². The fourth-order valence-corrected chi connectivity index (χ4v) is 3.46. The Morgan fingerprint density at radius 2 is 2.19 bits per heavy atom. The summed E-state index contributed by atoms with van der Waals surface area (Å²) < 4.78 is 7.28. The third kappa shape index (κ3) is 3.03. The van der Waals surface area contributed by atoms with Crippen molar-refractivity contribution >= 4 is 22.6 Å². The van der Waals surface area contributed by atoms with Crippen LogP contribution in [0.3, 0.4) is 0 Å². The lowest BCUT2D eigenvalue weighted by atomic mass is 10.0. The third-order valence-electron chi connectivity index (χ3n) is 4.75. The average Bonchev–Trinajstić information content (AvgIpc) is 3.17. The number of fused-ring (bicyclic) bond motifs is 3. The number of hydrogen-bond acceptors (Lipinski definition) is 4. The van der Waals surface area contributed by atoms with Gasteiger partial charge in [0.15, 0.2) is 5.78 Å². The first-order chi connectivity index (χ1) is 12.7. The number of carbonyl (C=O) groups excluding carboxylic acids is 2. The van der Waals surface area contributed by atoms with Gasteiger partial charge in [0.05, 0.1) is 12.1 Å². The Morgan fingerprint density at radius 1 is 1.31 bits per heavy atom. The van der Waals surface area contributed by atoms with Gasteiger partial charge in [0.2, 0.25) is 0 Å². The number of hydrogen-bond donors (Lipinski definition) is 1. The lowest BCUT2D eigenvalue weighted by Crippen LogP contribution is -2.22. The van der Waals surface area contributed by atoms with E-state index >= 15 is 0 Å². The van der Waals surface area contributed by atoms with Gasteiger partial charge in [0.1, 0.15) is 11.5 Å². The standard InChI is InChI=1S/C20H21N3O3/c1-2-4-15-11-16(26-22-15)12-19(24)14-6-5-13-9-18-20(25)21-7-3-8-23(18)17(13)10-14/h5-6,9-11H,2-4,7-8,12H2,1H3,(H,21,25). The predicted molar refractivity (Wildman–Crippen MR) is 97.4 cm³/mol. The van der Waals surface area contributed by atoms with Crippen LogP contribution in [0, 0.1) is 0 Å². The van der Waals surface area contributed by atoms with Gasteiger partial charge in [-0.05, 0) is 25.0 Å². The maximum absolute atomic E-state index is 12.7. The highest BCUT2D eigenvalue weighted by Gasteiger charge is 2.19. The zero-order chi connectivity index (χ0) is 18.1. The van der Waals surface area contributed by atoms with E-state index < -0.39 is 0 Å². The van der Waals surface area contributed by atoms with Gasteiger partial charge in [-0.2, -0.15) is 0 Å². The van der Waals surface area contributed by atoms with Crippen molar-refractivity contribution in [3.8, 4) is 0 Å². The molecule has 0 saturated carbocycles. The van der Waals surface area contributed by atoms with Crippen LogP contribution in [0.5, 0.6) is 0 Å². The van der Waals surface area contributed by atoms with Gasteiger partial charge in [0, 0.05) is 35.6 Å². The number of aryl methyl sites for hydroxylation is 2. The van der Waals surface area contributed by atoms with Crippen LogP contribution >= 0.6 is 0 Å². The van der Waals surface area contributed by atoms with E-state index in [0.29, 0.717) is 23.6 Å². The number of Topliss-reactive ketones (excluding diaryl/α,β-unsaturated/α-hetero) is 1. The van der Waals surface area contributed by atoms with E-state index in [1.807, 2.05) is 34.9 Å². The molecule has 0 saturated heterocycles. The molecule has 134 valence electrons. The summed E-state index contributed by atoms with van der Waals surface area (Å²) in [6, 6.07) is 9.33. The number of rotatable bonds is 5. The Hall–Kier alpha value is -2.89. The molecule has 0 unspecified atom stereocenters. The molecule has 0 bridgehead atoms. The van der Waals surface area contributed by atoms with Crippen molar-refractivity contribution in [2.45, 2.75) is 39.2 Å². The average molecular weight is 351 g/mol. The molecule has 3 aromatic rings. The van der Waals surface area contributed by atoms with E-state index in [1.54, 1.807) is 0 Å². The first kappa shape index (κ1) is 16.6. The van der Waals surface area contributed by atoms with Crippen LogP contribution < -0.4 is 5.32 Å². The van der Waals surface area contributed by atoms with E-state index in [4.69, 9.17) is 4.52 Å². The number of nitrogens with zero attached hydrogens (tertiary/aromatic N) is 2. The molecule has 0 aliphatic carbocycles. The van der Waals surface area contributed by atoms with Crippen LogP contribution in [0.25, 0.3) is 10.9 Å². The third-order valence-corrected chi connectivity index (χ3v) is 4.75. The van der Waals surface area contributed by atoms with Gasteiger partial charge in [0.25, 0.3) is 5.91 Å². The Balaban J connectivity index is 1.62. The number of ketones is 1. The van der Waals surface area contributed by atoms with Crippen LogP contribution in [0.4, 0.5) is 0 Å². The van der Waals surface area contributed by atoms with Crippen molar-refractivity contribution in [2.24, 2.45) is 0 Å². The fraction of sp³-hybridized carbons (Fsp3) is 0.350. The summed E-state index contributed by atoms with van der Waals surface area (Å²) in [6.07, 6.45) is 2.90. The lowest BCUT2D eigenvalue weighted by Gasteiger charge is -2.06. The second-order valence-corrected chi connectivity index (χ2v) is 6.70. The Morgan fingerprint density at radius 3 is 3.04 bits per heavy atom. The summed E-state index contributed by atoms with van der Waals surface area (Å²) in [5, 5.41) is 7.86. The minimum absolute atomic E-state index is 0.0141. The molecule has 26 heavy (non-hydrogen) atoms. The van der Waals surface area contributed by atoms with Crippen LogP contribution in [0.2, 0.25) is 0 Å². The molecular formula is C20H21N3O3. The first-order valence-electron chi connectivity index (χ1n) is 9.05. The quantitative estimate of drug-likeness (QED) is 0.717. The summed E-state index contributed by atoms with van der Waals surface area (Å²) in [6.45, 7) is 3.51. The molecule has 0 fully saturated rings.